The van der Waals surface area contributed by atoms with Gasteiger partial charge in [-0.25, -0.2) is 4.98 Å². The Kier molecular flexibility index (Phi) is 2.90. The number of carbonyl (C=O) groups is 1. The second kappa shape index (κ2) is 4.35. The fraction of sp³-hybridized carbons (Fsp3) is 0.333. The molecule has 84 valence electrons. The second-order valence-electron chi connectivity index (χ2n) is 4.06. The Morgan fingerprint density at radius 2 is 2.38 bits per heavy atom. The molecule has 0 aliphatic rings. The summed E-state index contributed by atoms with van der Waals surface area (Å²) in [6.07, 6.45) is 2.34. The van der Waals surface area contributed by atoms with Crippen LogP contribution in [0.4, 0.5) is 0 Å². The van der Waals surface area contributed by atoms with Gasteiger partial charge in [0.2, 0.25) is 0 Å². The van der Waals surface area contributed by atoms with Crippen LogP contribution in [0.3, 0.4) is 0 Å². The van der Waals surface area contributed by atoms with E-state index in [2.05, 4.69) is 4.98 Å². The van der Waals surface area contributed by atoms with Crippen LogP contribution in [0, 0.1) is 5.92 Å². The lowest BCUT2D eigenvalue weighted by atomic mass is 9.98. The highest BCUT2D eigenvalue weighted by Crippen LogP contribution is 2.18. The van der Waals surface area contributed by atoms with Crippen LogP contribution in [0.5, 0.6) is 0 Å². The molecule has 0 bridgehead atoms. The van der Waals surface area contributed by atoms with Gasteiger partial charge in [-0.2, -0.15) is 0 Å². The molecule has 1 aromatic heterocycles. The van der Waals surface area contributed by atoms with E-state index < -0.39 is 5.97 Å². The largest absolute Gasteiger partial charge is 0.481 e. The Labute approximate surface area is 92.9 Å². The number of fused-ring (bicyclic) bond motifs is 1. The summed E-state index contributed by atoms with van der Waals surface area (Å²) in [5.41, 5.74) is 2.66. The average Bonchev–Trinajstić information content (AvgIpc) is 2.63. The highest BCUT2D eigenvalue weighted by Gasteiger charge is 2.09. The maximum Gasteiger partial charge on any atom is 0.303 e. The molecule has 1 unspecified atom stereocenters. The summed E-state index contributed by atoms with van der Waals surface area (Å²) in [7, 11) is 0. The lowest BCUT2D eigenvalue weighted by molar-refractivity contribution is -0.137. The van der Waals surface area contributed by atoms with Gasteiger partial charge in [-0.1, -0.05) is 13.0 Å². The number of nitrogens with zero attached hydrogens (tertiary/aromatic N) is 1. The molecule has 4 nitrogen and oxygen atoms in total. The van der Waals surface area contributed by atoms with Crippen molar-refractivity contribution in [2.75, 3.05) is 0 Å². The molecule has 0 aliphatic heterocycles. The van der Waals surface area contributed by atoms with Gasteiger partial charge in [-0.15, -0.1) is 0 Å². The van der Waals surface area contributed by atoms with Gasteiger partial charge in [0.1, 0.15) is 5.52 Å². The zero-order chi connectivity index (χ0) is 11.5. The first-order valence-electron chi connectivity index (χ1n) is 5.19. The third-order valence-corrected chi connectivity index (χ3v) is 2.50. The fourth-order valence-electron chi connectivity index (χ4n) is 1.80. The van der Waals surface area contributed by atoms with E-state index in [1.807, 2.05) is 25.1 Å². The molecule has 2 rings (SSSR count). The number of hydrogen-bond acceptors (Lipinski definition) is 3. The van der Waals surface area contributed by atoms with Crippen molar-refractivity contribution in [3.63, 3.8) is 0 Å². The van der Waals surface area contributed by atoms with Crippen molar-refractivity contribution < 1.29 is 14.3 Å². The van der Waals surface area contributed by atoms with Crippen LogP contribution in [-0.2, 0) is 11.2 Å². The summed E-state index contributed by atoms with van der Waals surface area (Å²) in [6.45, 7) is 1.93. The van der Waals surface area contributed by atoms with Crippen LogP contribution in [0.1, 0.15) is 18.9 Å². The minimum absolute atomic E-state index is 0.123. The number of carboxylic acid groups (broad SMARTS) is 1. The predicted molar refractivity (Wildman–Crippen MR) is 59.1 cm³/mol. The van der Waals surface area contributed by atoms with Gasteiger partial charge in [-0.05, 0) is 30.0 Å². The SMILES string of the molecule is CC(CC(=O)O)Cc1ccc2ncoc2c1. The molecule has 0 radical (unpaired) electrons. The van der Waals surface area contributed by atoms with E-state index in [4.69, 9.17) is 9.52 Å². The van der Waals surface area contributed by atoms with Crippen molar-refractivity contribution in [3.8, 4) is 0 Å². The minimum atomic E-state index is -0.756. The third-order valence-electron chi connectivity index (χ3n) is 2.50. The number of aliphatic carboxylic acids is 1. The van der Waals surface area contributed by atoms with Crippen LogP contribution >= 0.6 is 0 Å². The van der Waals surface area contributed by atoms with Crippen LogP contribution in [0.15, 0.2) is 29.0 Å². The van der Waals surface area contributed by atoms with E-state index >= 15 is 0 Å². The highest BCUT2D eigenvalue weighted by atomic mass is 16.4. The topological polar surface area (TPSA) is 63.3 Å². The molecule has 0 saturated heterocycles. The molecule has 16 heavy (non-hydrogen) atoms. The molecule has 0 aliphatic carbocycles. The highest BCUT2D eigenvalue weighted by molar-refractivity contribution is 5.72. The summed E-state index contributed by atoms with van der Waals surface area (Å²) >= 11 is 0. The van der Waals surface area contributed by atoms with Crippen LogP contribution in [0.2, 0.25) is 0 Å². The van der Waals surface area contributed by atoms with Gasteiger partial charge < -0.3 is 9.52 Å². The number of oxazole rings is 1. The Balaban J connectivity index is 2.11. The van der Waals surface area contributed by atoms with Crippen molar-refractivity contribution in [3.05, 3.63) is 30.2 Å². The number of hydrogen-bond donors (Lipinski definition) is 1. The number of benzene rings is 1. The molecular weight excluding hydrogens is 206 g/mol. The Morgan fingerprint density at radius 1 is 1.56 bits per heavy atom. The van der Waals surface area contributed by atoms with E-state index in [-0.39, 0.29) is 12.3 Å². The number of rotatable bonds is 4. The van der Waals surface area contributed by atoms with E-state index in [0.717, 1.165) is 23.1 Å². The number of carboxylic acids is 1. The van der Waals surface area contributed by atoms with E-state index in [1.54, 1.807) is 0 Å². The summed E-state index contributed by atoms with van der Waals surface area (Å²) < 4.78 is 5.19. The first-order chi connectivity index (χ1) is 7.65. The predicted octanol–water partition coefficient (Wildman–Crippen LogP) is 2.48. The number of aromatic nitrogens is 1. The fourth-order valence-corrected chi connectivity index (χ4v) is 1.80. The minimum Gasteiger partial charge on any atom is -0.481 e. The molecule has 1 heterocycles. The normalized spacial score (nSPS) is 12.8. The van der Waals surface area contributed by atoms with Crippen molar-refractivity contribution in [1.82, 2.24) is 4.98 Å². The molecule has 1 aromatic carbocycles. The van der Waals surface area contributed by atoms with Crippen molar-refractivity contribution in [2.45, 2.75) is 19.8 Å². The molecule has 0 saturated carbocycles. The summed E-state index contributed by atoms with van der Waals surface area (Å²) in [6, 6.07) is 5.77. The zero-order valence-corrected chi connectivity index (χ0v) is 9.01. The van der Waals surface area contributed by atoms with Crippen LogP contribution in [-0.4, -0.2) is 16.1 Å². The maximum atomic E-state index is 10.5. The molecule has 0 spiro atoms. The molecular formula is C12H13NO3. The van der Waals surface area contributed by atoms with Gasteiger partial charge >= 0.3 is 5.97 Å². The van der Waals surface area contributed by atoms with Gasteiger partial charge in [0.05, 0.1) is 0 Å². The van der Waals surface area contributed by atoms with Crippen molar-refractivity contribution in [2.24, 2.45) is 5.92 Å². The molecule has 1 atom stereocenters. The van der Waals surface area contributed by atoms with Crippen molar-refractivity contribution in [1.29, 1.82) is 0 Å². The first-order valence-corrected chi connectivity index (χ1v) is 5.19. The zero-order valence-electron chi connectivity index (χ0n) is 9.01. The smallest absolute Gasteiger partial charge is 0.303 e. The summed E-state index contributed by atoms with van der Waals surface area (Å²) in [4.78, 5) is 14.6. The van der Waals surface area contributed by atoms with Crippen molar-refractivity contribution >= 4 is 17.1 Å². The van der Waals surface area contributed by atoms with E-state index in [1.165, 1.54) is 6.39 Å². The van der Waals surface area contributed by atoms with Crippen LogP contribution in [0.25, 0.3) is 11.1 Å². The van der Waals surface area contributed by atoms with Gasteiger partial charge in [-0.3, -0.25) is 4.79 Å². The third kappa shape index (κ3) is 2.39. The quantitative estimate of drug-likeness (QED) is 0.858. The van der Waals surface area contributed by atoms with Crippen LogP contribution < -0.4 is 0 Å². The molecule has 2 aromatic rings. The second-order valence-corrected chi connectivity index (χ2v) is 4.06. The molecule has 0 fully saturated rings. The summed E-state index contributed by atoms with van der Waals surface area (Å²) in [5.74, 6) is -0.633. The van der Waals surface area contributed by atoms with Gasteiger partial charge in [0.15, 0.2) is 12.0 Å². The standard InChI is InChI=1S/C12H13NO3/c1-8(5-12(14)15)4-9-2-3-10-11(6-9)16-7-13-10/h2-3,6-8H,4-5H2,1H3,(H,14,15). The Morgan fingerprint density at radius 3 is 3.12 bits per heavy atom. The van der Waals surface area contributed by atoms with E-state index in [0.29, 0.717) is 0 Å². The van der Waals surface area contributed by atoms with Gasteiger partial charge in [0, 0.05) is 6.42 Å². The molecule has 0 amide bonds. The Hall–Kier alpha value is -1.84. The first kappa shape index (κ1) is 10.7. The Bertz CT molecular complexity index is 504. The van der Waals surface area contributed by atoms with E-state index in [9.17, 15) is 4.79 Å². The molecule has 1 N–H and O–H groups in total. The maximum absolute atomic E-state index is 10.5. The lowest BCUT2D eigenvalue weighted by Gasteiger charge is -2.07. The lowest BCUT2D eigenvalue weighted by Crippen LogP contribution is -2.06. The van der Waals surface area contributed by atoms with Gasteiger partial charge in [0.25, 0.3) is 0 Å². The monoisotopic (exact) mass is 219 g/mol. The molecule has 4 heteroatoms. The average molecular weight is 219 g/mol. The summed E-state index contributed by atoms with van der Waals surface area (Å²) in [5, 5.41) is 8.67.